The highest BCUT2D eigenvalue weighted by molar-refractivity contribution is 6.39. The van der Waals surface area contributed by atoms with Gasteiger partial charge in [0.05, 0.1) is 5.03 Å². The van der Waals surface area contributed by atoms with Gasteiger partial charge in [-0.25, -0.2) is 0 Å². The van der Waals surface area contributed by atoms with Crippen LogP contribution in [0, 0.1) is 5.92 Å². The van der Waals surface area contributed by atoms with E-state index in [2.05, 4.69) is 25.4 Å². The zero-order chi connectivity index (χ0) is 12.6. The van der Waals surface area contributed by atoms with Crippen LogP contribution in [0.25, 0.3) is 0 Å². The van der Waals surface area contributed by atoms with Gasteiger partial charge in [0, 0.05) is 19.8 Å². The molecule has 0 N–H and O–H groups in total. The van der Waals surface area contributed by atoms with Crippen molar-refractivity contribution in [3.8, 4) is 0 Å². The van der Waals surface area contributed by atoms with Gasteiger partial charge >= 0.3 is 0 Å². The monoisotopic (exact) mass is 242 g/mol. The van der Waals surface area contributed by atoms with Gasteiger partial charge in [-0.1, -0.05) is 38.1 Å². The van der Waals surface area contributed by atoms with Gasteiger partial charge in [0.1, 0.15) is 6.54 Å². The molecule has 0 aliphatic heterocycles. The van der Waals surface area contributed by atoms with E-state index in [1.165, 1.54) is 6.21 Å². The van der Waals surface area contributed by atoms with E-state index in [0.29, 0.717) is 11.0 Å². The lowest BCUT2D eigenvalue weighted by Gasteiger charge is -2.18. The lowest BCUT2D eigenvalue weighted by molar-refractivity contribution is -0.128. The third-order valence-electron chi connectivity index (χ3n) is 1.78. The van der Waals surface area contributed by atoms with Gasteiger partial charge < -0.3 is 4.90 Å². The topological polar surface area (TPSA) is 32.7 Å². The number of carbonyl (C=O) groups excluding carboxylic acids is 1. The number of likely N-dealkylation sites (N-methyl/N-ethyl adjacent to an activating group) is 1. The van der Waals surface area contributed by atoms with Crippen LogP contribution in [0.15, 0.2) is 28.8 Å². The van der Waals surface area contributed by atoms with Crippen molar-refractivity contribution in [1.29, 1.82) is 0 Å². The molecule has 0 heterocycles. The first-order valence-electron chi connectivity index (χ1n) is 5.19. The summed E-state index contributed by atoms with van der Waals surface area (Å²) in [5.74, 6) is 0.454. The van der Waals surface area contributed by atoms with Gasteiger partial charge in [-0.3, -0.25) is 9.79 Å². The van der Waals surface area contributed by atoms with E-state index in [1.54, 1.807) is 24.1 Å². The first kappa shape index (κ1) is 14.9. The molecule has 0 saturated heterocycles. The van der Waals surface area contributed by atoms with Crippen molar-refractivity contribution in [2.24, 2.45) is 10.9 Å². The van der Waals surface area contributed by atoms with Crippen molar-refractivity contribution in [3.63, 3.8) is 0 Å². The lowest BCUT2D eigenvalue weighted by atomic mass is 10.2. The number of hydrogen-bond donors (Lipinski definition) is 0. The summed E-state index contributed by atoms with van der Waals surface area (Å²) < 4.78 is 0. The molecule has 0 atom stereocenters. The summed E-state index contributed by atoms with van der Waals surface area (Å²) in [6.07, 6.45) is 4.65. The van der Waals surface area contributed by atoms with Crippen LogP contribution in [0.5, 0.6) is 0 Å². The molecule has 1 amide bonds. The Hall–Kier alpha value is -1.09. The minimum absolute atomic E-state index is 0.00646. The second kappa shape index (κ2) is 8.11. The molecule has 0 saturated carbocycles. The third-order valence-corrected chi connectivity index (χ3v) is 2.01. The van der Waals surface area contributed by atoms with Gasteiger partial charge in [-0.15, -0.1) is 0 Å². The fraction of sp³-hybridized carbons (Fsp3) is 0.500. The molecule has 4 heteroatoms. The smallest absolute Gasteiger partial charge is 0.243 e. The largest absolute Gasteiger partial charge is 0.344 e. The molecule has 0 aromatic heterocycles. The summed E-state index contributed by atoms with van der Waals surface area (Å²) in [5, 5.41) is 0.467. The predicted molar refractivity (Wildman–Crippen MR) is 70.0 cm³/mol. The minimum atomic E-state index is -0.00646. The molecule has 3 nitrogen and oxygen atoms in total. The number of rotatable bonds is 6. The molecule has 90 valence electrons. The molecule has 0 aliphatic rings. The minimum Gasteiger partial charge on any atom is -0.344 e. The SMILES string of the molecule is C=C/C=C(/Cl)C=NCC(=O)N(C)CC(C)C. The molecule has 0 radical (unpaired) electrons. The van der Waals surface area contributed by atoms with E-state index in [0.717, 1.165) is 6.54 Å². The van der Waals surface area contributed by atoms with Crippen LogP contribution in [0.1, 0.15) is 13.8 Å². The fourth-order valence-corrected chi connectivity index (χ4v) is 1.29. The Labute approximate surface area is 102 Å². The van der Waals surface area contributed by atoms with Crippen molar-refractivity contribution in [2.75, 3.05) is 20.1 Å². The molecular weight excluding hydrogens is 224 g/mol. The third kappa shape index (κ3) is 7.23. The summed E-state index contributed by atoms with van der Waals surface area (Å²) in [6, 6.07) is 0. The Balaban J connectivity index is 4.06. The number of hydrogen-bond acceptors (Lipinski definition) is 2. The Morgan fingerprint density at radius 2 is 2.19 bits per heavy atom. The predicted octanol–water partition coefficient (Wildman–Crippen LogP) is 2.48. The highest BCUT2D eigenvalue weighted by atomic mass is 35.5. The number of aliphatic imine (C=N–C) groups is 1. The molecule has 0 unspecified atom stereocenters. The van der Waals surface area contributed by atoms with Crippen molar-refractivity contribution < 1.29 is 4.79 Å². The quantitative estimate of drug-likeness (QED) is 0.520. The highest BCUT2D eigenvalue weighted by Gasteiger charge is 2.08. The fourth-order valence-electron chi connectivity index (χ4n) is 1.14. The Morgan fingerprint density at radius 3 is 2.69 bits per heavy atom. The number of allylic oxidation sites excluding steroid dienone is 3. The van der Waals surface area contributed by atoms with Gasteiger partial charge in [-0.2, -0.15) is 0 Å². The summed E-state index contributed by atoms with van der Waals surface area (Å²) in [4.78, 5) is 17.2. The summed E-state index contributed by atoms with van der Waals surface area (Å²) in [5.41, 5.74) is 0. The van der Waals surface area contributed by atoms with Crippen molar-refractivity contribution in [1.82, 2.24) is 4.90 Å². The molecule has 0 aromatic carbocycles. The van der Waals surface area contributed by atoms with Crippen LogP contribution in [0.2, 0.25) is 0 Å². The van der Waals surface area contributed by atoms with E-state index < -0.39 is 0 Å². The Kier molecular flexibility index (Phi) is 7.56. The van der Waals surface area contributed by atoms with Crippen LogP contribution in [-0.2, 0) is 4.79 Å². The molecule has 0 aliphatic carbocycles. The summed E-state index contributed by atoms with van der Waals surface area (Å²) >= 11 is 5.74. The van der Waals surface area contributed by atoms with E-state index in [1.807, 2.05) is 0 Å². The van der Waals surface area contributed by atoms with Crippen LogP contribution >= 0.6 is 11.6 Å². The second-order valence-corrected chi connectivity index (χ2v) is 4.36. The van der Waals surface area contributed by atoms with Crippen molar-refractivity contribution in [3.05, 3.63) is 23.8 Å². The second-order valence-electron chi connectivity index (χ2n) is 3.93. The maximum atomic E-state index is 11.5. The number of halogens is 1. The van der Waals surface area contributed by atoms with Crippen LogP contribution in [-0.4, -0.2) is 37.2 Å². The van der Waals surface area contributed by atoms with E-state index in [4.69, 9.17) is 11.6 Å². The molecule has 0 aromatic rings. The van der Waals surface area contributed by atoms with Gasteiger partial charge in [-0.05, 0) is 12.0 Å². The summed E-state index contributed by atoms with van der Waals surface area (Å²) in [6.45, 7) is 8.51. The van der Waals surface area contributed by atoms with Crippen LogP contribution in [0.4, 0.5) is 0 Å². The van der Waals surface area contributed by atoms with E-state index in [9.17, 15) is 4.79 Å². The lowest BCUT2D eigenvalue weighted by Crippen LogP contribution is -2.31. The zero-order valence-electron chi connectivity index (χ0n) is 10.1. The van der Waals surface area contributed by atoms with Crippen LogP contribution < -0.4 is 0 Å². The maximum Gasteiger partial charge on any atom is 0.243 e. The maximum absolute atomic E-state index is 11.5. The average molecular weight is 243 g/mol. The average Bonchev–Trinajstić information content (AvgIpc) is 2.16. The standard InChI is InChI=1S/C12H19ClN2O/c1-5-6-11(13)7-14-8-12(16)15(4)9-10(2)3/h5-7,10H,1,8-9H2,2-4H3/b11-6+,14-7?. The normalized spacial score (nSPS) is 12.2. The molecule has 0 fully saturated rings. The Bertz CT molecular complexity index is 295. The first-order valence-corrected chi connectivity index (χ1v) is 5.57. The molecule has 0 bridgehead atoms. The highest BCUT2D eigenvalue weighted by Crippen LogP contribution is 1.98. The number of amides is 1. The number of nitrogens with zero attached hydrogens (tertiary/aromatic N) is 2. The van der Waals surface area contributed by atoms with Crippen molar-refractivity contribution >= 4 is 23.7 Å². The first-order chi connectivity index (χ1) is 7.47. The molecule has 0 rings (SSSR count). The van der Waals surface area contributed by atoms with Gasteiger partial charge in [0.15, 0.2) is 0 Å². The van der Waals surface area contributed by atoms with Crippen molar-refractivity contribution in [2.45, 2.75) is 13.8 Å². The zero-order valence-corrected chi connectivity index (χ0v) is 10.9. The number of carbonyl (C=O) groups is 1. The molecule has 16 heavy (non-hydrogen) atoms. The van der Waals surface area contributed by atoms with Gasteiger partial charge in [0.25, 0.3) is 0 Å². The Morgan fingerprint density at radius 1 is 1.56 bits per heavy atom. The van der Waals surface area contributed by atoms with E-state index >= 15 is 0 Å². The van der Waals surface area contributed by atoms with E-state index in [-0.39, 0.29) is 12.5 Å². The molecule has 0 spiro atoms. The van der Waals surface area contributed by atoms with Crippen LogP contribution in [0.3, 0.4) is 0 Å². The molecular formula is C12H19ClN2O. The summed E-state index contributed by atoms with van der Waals surface area (Å²) in [7, 11) is 1.78. The van der Waals surface area contributed by atoms with Gasteiger partial charge in [0.2, 0.25) is 5.91 Å².